The van der Waals surface area contributed by atoms with Crippen LogP contribution < -0.4 is 5.32 Å². The highest BCUT2D eigenvalue weighted by molar-refractivity contribution is 5.76. The van der Waals surface area contributed by atoms with E-state index in [-0.39, 0.29) is 6.54 Å². The topological polar surface area (TPSA) is 86.6 Å². The van der Waals surface area contributed by atoms with E-state index in [0.29, 0.717) is 18.8 Å². The third-order valence-electron chi connectivity index (χ3n) is 4.46. The Morgan fingerprint density at radius 1 is 1.14 bits per heavy atom. The van der Waals surface area contributed by atoms with Crippen LogP contribution in [0, 0.1) is 11.3 Å². The average molecular weight is 291 g/mol. The van der Waals surface area contributed by atoms with Gasteiger partial charge in [0.25, 0.3) is 0 Å². The van der Waals surface area contributed by atoms with Gasteiger partial charge in [-0.25, -0.2) is 4.79 Å². The fourth-order valence-corrected chi connectivity index (χ4v) is 3.09. The van der Waals surface area contributed by atoms with Gasteiger partial charge in [0.1, 0.15) is 0 Å². The zero-order valence-electron chi connectivity index (χ0n) is 11.9. The molecule has 3 N–H and O–H groups in total. The Hall–Kier alpha value is -2.04. The second-order valence-electron chi connectivity index (χ2n) is 5.88. The van der Waals surface area contributed by atoms with Crippen molar-refractivity contribution in [3.8, 4) is 0 Å². The number of rotatable bonds is 5. The zero-order chi connectivity index (χ0) is 15.3. The highest BCUT2D eigenvalue weighted by Gasteiger charge is 2.42. The molecule has 0 saturated heterocycles. The zero-order valence-corrected chi connectivity index (χ0v) is 11.9. The maximum Gasteiger partial charge on any atom is 0.404 e. The molecule has 1 aliphatic rings. The molecule has 1 saturated carbocycles. The van der Waals surface area contributed by atoms with E-state index in [0.717, 1.165) is 19.3 Å². The summed E-state index contributed by atoms with van der Waals surface area (Å²) in [5.41, 5.74) is 0.333. The molecule has 5 heteroatoms. The number of carbonyl (C=O) groups is 2. The minimum atomic E-state index is -1.16. The van der Waals surface area contributed by atoms with Crippen molar-refractivity contribution in [2.45, 2.75) is 32.1 Å². The van der Waals surface area contributed by atoms with Gasteiger partial charge in [0, 0.05) is 6.54 Å². The van der Waals surface area contributed by atoms with Crippen molar-refractivity contribution in [1.29, 1.82) is 0 Å². The molecule has 0 heterocycles. The van der Waals surface area contributed by atoms with Gasteiger partial charge < -0.3 is 15.5 Å². The fourth-order valence-electron chi connectivity index (χ4n) is 3.09. The minimum Gasteiger partial charge on any atom is -0.481 e. The molecule has 1 fully saturated rings. The Morgan fingerprint density at radius 3 is 2.29 bits per heavy atom. The summed E-state index contributed by atoms with van der Waals surface area (Å²) in [6.07, 6.45) is 2.50. The third kappa shape index (κ3) is 3.97. The number of amides is 1. The van der Waals surface area contributed by atoms with E-state index in [4.69, 9.17) is 5.11 Å². The van der Waals surface area contributed by atoms with Crippen molar-refractivity contribution < 1.29 is 19.8 Å². The lowest BCUT2D eigenvalue weighted by molar-refractivity contribution is -0.151. The van der Waals surface area contributed by atoms with Crippen LogP contribution in [0.2, 0.25) is 0 Å². The van der Waals surface area contributed by atoms with Gasteiger partial charge >= 0.3 is 12.1 Å². The molecular formula is C16H21NO4. The summed E-state index contributed by atoms with van der Waals surface area (Å²) in [4.78, 5) is 22.1. The van der Waals surface area contributed by atoms with Gasteiger partial charge in [-0.1, -0.05) is 30.3 Å². The molecule has 0 spiro atoms. The van der Waals surface area contributed by atoms with E-state index >= 15 is 0 Å². The second kappa shape index (κ2) is 6.61. The Bertz CT molecular complexity index is 492. The van der Waals surface area contributed by atoms with Gasteiger partial charge in [0.15, 0.2) is 0 Å². The van der Waals surface area contributed by atoms with Crippen LogP contribution in [-0.4, -0.2) is 28.8 Å². The van der Waals surface area contributed by atoms with Crippen LogP contribution in [0.4, 0.5) is 4.79 Å². The van der Waals surface area contributed by atoms with Gasteiger partial charge in [-0.15, -0.1) is 0 Å². The van der Waals surface area contributed by atoms with E-state index in [1.165, 1.54) is 5.56 Å². The lowest BCUT2D eigenvalue weighted by atomic mass is 9.69. The van der Waals surface area contributed by atoms with Crippen LogP contribution in [0.1, 0.15) is 31.2 Å². The van der Waals surface area contributed by atoms with Crippen LogP contribution >= 0.6 is 0 Å². The van der Waals surface area contributed by atoms with Gasteiger partial charge in [-0.2, -0.15) is 0 Å². The van der Waals surface area contributed by atoms with Gasteiger partial charge in [-0.05, 0) is 43.6 Å². The Labute approximate surface area is 124 Å². The molecule has 0 radical (unpaired) electrons. The number of benzene rings is 1. The third-order valence-corrected chi connectivity index (χ3v) is 4.46. The molecule has 1 amide bonds. The predicted octanol–water partition coefficient (Wildman–Crippen LogP) is 2.76. The largest absolute Gasteiger partial charge is 0.481 e. The fraction of sp³-hybridized carbons (Fsp3) is 0.500. The molecule has 1 aromatic carbocycles. The summed E-state index contributed by atoms with van der Waals surface area (Å²) in [6.45, 7) is -0.00424. The highest BCUT2D eigenvalue weighted by atomic mass is 16.4. The number of carboxylic acid groups (broad SMARTS) is 2. The Morgan fingerprint density at radius 2 is 1.76 bits per heavy atom. The molecule has 21 heavy (non-hydrogen) atoms. The first kappa shape index (κ1) is 15.4. The maximum absolute atomic E-state index is 11.5. The first-order chi connectivity index (χ1) is 10.0. The molecular weight excluding hydrogens is 270 g/mol. The molecule has 0 atom stereocenters. The van der Waals surface area contributed by atoms with Crippen LogP contribution in [0.5, 0.6) is 0 Å². The van der Waals surface area contributed by atoms with Gasteiger partial charge in [0.05, 0.1) is 5.41 Å². The van der Waals surface area contributed by atoms with Crippen LogP contribution in [0.3, 0.4) is 0 Å². The summed E-state index contributed by atoms with van der Waals surface area (Å²) in [5.74, 6) is -0.417. The molecule has 1 aromatic rings. The van der Waals surface area contributed by atoms with Crippen LogP contribution in [-0.2, 0) is 11.2 Å². The quantitative estimate of drug-likeness (QED) is 0.778. The number of carboxylic acids is 1. The SMILES string of the molecule is O=C(O)NCC1(C(=O)O)CCC(Cc2ccccc2)CC1. The minimum absolute atomic E-state index is 0.00424. The van der Waals surface area contributed by atoms with Crippen molar-refractivity contribution in [3.05, 3.63) is 35.9 Å². The van der Waals surface area contributed by atoms with Crippen LogP contribution in [0.25, 0.3) is 0 Å². The first-order valence-electron chi connectivity index (χ1n) is 7.26. The van der Waals surface area contributed by atoms with E-state index in [2.05, 4.69) is 17.4 Å². The van der Waals surface area contributed by atoms with Gasteiger partial charge in [0.2, 0.25) is 0 Å². The van der Waals surface area contributed by atoms with Crippen molar-refractivity contribution in [3.63, 3.8) is 0 Å². The number of nitrogens with one attached hydrogen (secondary N) is 1. The summed E-state index contributed by atoms with van der Waals surface area (Å²) < 4.78 is 0. The summed E-state index contributed by atoms with van der Waals surface area (Å²) in [7, 11) is 0. The number of hydrogen-bond donors (Lipinski definition) is 3. The molecule has 2 rings (SSSR count). The van der Waals surface area contributed by atoms with E-state index < -0.39 is 17.5 Å². The smallest absolute Gasteiger partial charge is 0.404 e. The molecule has 0 aromatic heterocycles. The average Bonchev–Trinajstić information content (AvgIpc) is 2.47. The lowest BCUT2D eigenvalue weighted by Gasteiger charge is -2.36. The lowest BCUT2D eigenvalue weighted by Crippen LogP contribution is -2.45. The predicted molar refractivity (Wildman–Crippen MR) is 78.2 cm³/mol. The molecule has 5 nitrogen and oxygen atoms in total. The summed E-state index contributed by atoms with van der Waals surface area (Å²) in [6, 6.07) is 10.2. The van der Waals surface area contributed by atoms with Gasteiger partial charge in [-0.3, -0.25) is 4.79 Å². The highest BCUT2D eigenvalue weighted by Crippen LogP contribution is 2.40. The molecule has 0 bridgehead atoms. The van der Waals surface area contributed by atoms with E-state index in [1.54, 1.807) is 0 Å². The Kier molecular flexibility index (Phi) is 4.83. The molecule has 1 aliphatic carbocycles. The first-order valence-corrected chi connectivity index (χ1v) is 7.26. The number of hydrogen-bond acceptors (Lipinski definition) is 2. The van der Waals surface area contributed by atoms with Crippen molar-refractivity contribution in [2.75, 3.05) is 6.54 Å². The van der Waals surface area contributed by atoms with Crippen molar-refractivity contribution >= 4 is 12.1 Å². The molecule has 0 unspecified atom stereocenters. The normalized spacial score (nSPS) is 25.2. The monoisotopic (exact) mass is 291 g/mol. The molecule has 114 valence electrons. The number of aliphatic carboxylic acids is 1. The van der Waals surface area contributed by atoms with Crippen molar-refractivity contribution in [1.82, 2.24) is 5.32 Å². The molecule has 0 aliphatic heterocycles. The van der Waals surface area contributed by atoms with E-state index in [1.807, 2.05) is 18.2 Å². The summed E-state index contributed by atoms with van der Waals surface area (Å²) >= 11 is 0. The maximum atomic E-state index is 11.5. The standard InChI is InChI=1S/C16H21NO4/c18-14(19)16(11-17-15(20)21)8-6-13(7-9-16)10-12-4-2-1-3-5-12/h1-5,13,17H,6-11H2,(H,18,19)(H,20,21). The van der Waals surface area contributed by atoms with Crippen molar-refractivity contribution in [2.24, 2.45) is 11.3 Å². The Balaban J connectivity index is 1.93. The van der Waals surface area contributed by atoms with E-state index in [9.17, 15) is 14.7 Å². The second-order valence-corrected chi connectivity index (χ2v) is 5.88. The summed E-state index contributed by atoms with van der Waals surface area (Å²) in [5, 5.41) is 20.4. The van der Waals surface area contributed by atoms with Crippen LogP contribution in [0.15, 0.2) is 30.3 Å².